The maximum absolute atomic E-state index is 10.3. The Hall–Kier alpha value is -0.0800. The Morgan fingerprint density at radius 3 is 2.31 bits per heavy atom. The third-order valence-electron chi connectivity index (χ3n) is 4.26. The van der Waals surface area contributed by atoms with Crippen LogP contribution in [0, 0.1) is 5.92 Å². The van der Waals surface area contributed by atoms with Gasteiger partial charge >= 0.3 is 0 Å². The molecule has 0 radical (unpaired) electrons. The van der Waals surface area contributed by atoms with E-state index in [-0.39, 0.29) is 6.10 Å². The van der Waals surface area contributed by atoms with E-state index in [4.69, 9.17) is 0 Å². The van der Waals surface area contributed by atoms with Gasteiger partial charge in [-0.15, -0.1) is 0 Å². The van der Waals surface area contributed by atoms with Crippen LogP contribution in [0.3, 0.4) is 0 Å². The van der Waals surface area contributed by atoms with Crippen molar-refractivity contribution in [1.29, 1.82) is 0 Å². The number of hydrogen-bond donors (Lipinski definition) is 1. The highest BCUT2D eigenvalue weighted by atomic mass is 16.3. The molecule has 0 aliphatic heterocycles. The molecule has 0 bridgehead atoms. The first-order chi connectivity index (χ1) is 7.81. The first-order valence-electron chi connectivity index (χ1n) is 7.23. The average molecular weight is 225 g/mol. The predicted molar refractivity (Wildman–Crippen MR) is 67.5 cm³/mol. The summed E-state index contributed by atoms with van der Waals surface area (Å²) >= 11 is 0. The molecule has 2 nitrogen and oxygen atoms in total. The van der Waals surface area contributed by atoms with Crippen LogP contribution in [-0.2, 0) is 0 Å². The summed E-state index contributed by atoms with van der Waals surface area (Å²) in [5, 5.41) is 10.3. The Morgan fingerprint density at radius 1 is 1.00 bits per heavy atom. The Balaban J connectivity index is 1.89. The van der Waals surface area contributed by atoms with Crippen LogP contribution in [0.5, 0.6) is 0 Å². The summed E-state index contributed by atoms with van der Waals surface area (Å²) in [5.41, 5.74) is 0. The Kier molecular flexibility index (Phi) is 4.66. The first kappa shape index (κ1) is 12.4. The smallest absolute Gasteiger partial charge is 0.0695 e. The van der Waals surface area contributed by atoms with Gasteiger partial charge in [0.1, 0.15) is 0 Å². The van der Waals surface area contributed by atoms with Crippen molar-refractivity contribution in [2.24, 2.45) is 5.92 Å². The predicted octanol–water partition coefficient (Wildman–Crippen LogP) is 2.80. The number of likely N-dealkylation sites (N-methyl/N-ethyl adjacent to an activating group) is 1. The van der Waals surface area contributed by atoms with Crippen molar-refractivity contribution in [3.05, 3.63) is 0 Å². The third kappa shape index (κ3) is 3.46. The van der Waals surface area contributed by atoms with Crippen molar-refractivity contribution in [1.82, 2.24) is 4.90 Å². The molecule has 2 atom stereocenters. The molecule has 0 heterocycles. The quantitative estimate of drug-likeness (QED) is 0.795. The fraction of sp³-hybridized carbons (Fsp3) is 1.00. The number of nitrogens with zero attached hydrogens (tertiary/aromatic N) is 1. The number of aliphatic hydroxyl groups excluding tert-OH is 1. The lowest BCUT2D eigenvalue weighted by Gasteiger charge is -2.35. The normalized spacial score (nSPS) is 32.4. The SMILES string of the molecule is CCN(CC1CC1)C1CCCCCCC1O. The molecule has 94 valence electrons. The highest BCUT2D eigenvalue weighted by Crippen LogP contribution is 2.32. The van der Waals surface area contributed by atoms with Crippen LogP contribution in [0.4, 0.5) is 0 Å². The minimum atomic E-state index is -0.0704. The topological polar surface area (TPSA) is 23.5 Å². The van der Waals surface area contributed by atoms with Crippen LogP contribution in [0.1, 0.15) is 58.3 Å². The van der Waals surface area contributed by atoms with E-state index < -0.39 is 0 Å². The minimum absolute atomic E-state index is 0.0704. The van der Waals surface area contributed by atoms with Crippen molar-refractivity contribution in [3.8, 4) is 0 Å². The molecular weight excluding hydrogens is 198 g/mol. The van der Waals surface area contributed by atoms with Gasteiger partial charge in [0.15, 0.2) is 0 Å². The maximum Gasteiger partial charge on any atom is 0.0695 e. The molecule has 2 aliphatic rings. The molecule has 2 saturated carbocycles. The number of aliphatic hydroxyl groups is 1. The minimum Gasteiger partial charge on any atom is -0.391 e. The summed E-state index contributed by atoms with van der Waals surface area (Å²) in [6.45, 7) is 4.59. The van der Waals surface area contributed by atoms with Gasteiger partial charge in [-0.2, -0.15) is 0 Å². The van der Waals surface area contributed by atoms with Crippen LogP contribution >= 0.6 is 0 Å². The molecule has 2 rings (SSSR count). The van der Waals surface area contributed by atoms with Crippen molar-refractivity contribution in [2.45, 2.75) is 70.4 Å². The lowest BCUT2D eigenvalue weighted by molar-refractivity contribution is 0.0314. The van der Waals surface area contributed by atoms with E-state index in [1.807, 2.05) is 0 Å². The number of hydrogen-bond acceptors (Lipinski definition) is 2. The largest absolute Gasteiger partial charge is 0.391 e. The third-order valence-corrected chi connectivity index (χ3v) is 4.26. The van der Waals surface area contributed by atoms with E-state index in [2.05, 4.69) is 11.8 Å². The average Bonchev–Trinajstić information content (AvgIpc) is 3.06. The second-order valence-electron chi connectivity index (χ2n) is 5.66. The molecular formula is C14H27NO. The molecule has 16 heavy (non-hydrogen) atoms. The van der Waals surface area contributed by atoms with Crippen molar-refractivity contribution in [3.63, 3.8) is 0 Å². The maximum atomic E-state index is 10.3. The van der Waals surface area contributed by atoms with Gasteiger partial charge < -0.3 is 5.11 Å². The molecule has 1 N–H and O–H groups in total. The molecule has 0 saturated heterocycles. The summed E-state index contributed by atoms with van der Waals surface area (Å²) in [5.74, 6) is 0.942. The van der Waals surface area contributed by atoms with Crippen LogP contribution < -0.4 is 0 Å². The van der Waals surface area contributed by atoms with Gasteiger partial charge in [-0.05, 0) is 38.1 Å². The number of rotatable bonds is 4. The zero-order valence-corrected chi connectivity index (χ0v) is 10.7. The zero-order chi connectivity index (χ0) is 11.4. The molecule has 0 aromatic heterocycles. The van der Waals surface area contributed by atoms with Crippen molar-refractivity contribution < 1.29 is 5.11 Å². The molecule has 2 fully saturated rings. The highest BCUT2D eigenvalue weighted by Gasteiger charge is 2.30. The lowest BCUT2D eigenvalue weighted by Crippen LogP contribution is -2.45. The van der Waals surface area contributed by atoms with Gasteiger partial charge in [0.25, 0.3) is 0 Å². The zero-order valence-electron chi connectivity index (χ0n) is 10.7. The Bertz CT molecular complexity index is 203. The summed E-state index contributed by atoms with van der Waals surface area (Å²) in [6, 6.07) is 0.450. The first-order valence-corrected chi connectivity index (χ1v) is 7.23. The van der Waals surface area contributed by atoms with E-state index in [0.29, 0.717) is 6.04 Å². The van der Waals surface area contributed by atoms with Gasteiger partial charge in [-0.1, -0.05) is 32.6 Å². The van der Waals surface area contributed by atoms with E-state index in [9.17, 15) is 5.11 Å². The molecule has 2 aliphatic carbocycles. The van der Waals surface area contributed by atoms with Gasteiger partial charge in [0.05, 0.1) is 6.10 Å². The molecule has 0 aromatic rings. The van der Waals surface area contributed by atoms with Crippen LogP contribution in [-0.4, -0.2) is 35.2 Å². The fourth-order valence-electron chi connectivity index (χ4n) is 3.00. The Labute approximate surface area is 100 Å². The van der Waals surface area contributed by atoms with E-state index in [1.165, 1.54) is 51.5 Å². The monoisotopic (exact) mass is 225 g/mol. The summed E-state index contributed by atoms with van der Waals surface area (Å²) in [7, 11) is 0. The standard InChI is InChI=1S/C14H27NO/c1-2-15(11-12-9-10-12)13-7-5-3-4-6-8-14(13)16/h12-14,16H,2-11H2,1H3. The van der Waals surface area contributed by atoms with E-state index in [1.54, 1.807) is 0 Å². The second kappa shape index (κ2) is 6.02. The summed E-state index contributed by atoms with van der Waals surface area (Å²) in [6.07, 6.45) is 10.2. The molecule has 0 amide bonds. The van der Waals surface area contributed by atoms with Gasteiger partial charge in [-0.3, -0.25) is 4.90 Å². The van der Waals surface area contributed by atoms with E-state index in [0.717, 1.165) is 18.9 Å². The van der Waals surface area contributed by atoms with Crippen LogP contribution in [0.2, 0.25) is 0 Å². The molecule has 2 unspecified atom stereocenters. The van der Waals surface area contributed by atoms with Crippen LogP contribution in [0.25, 0.3) is 0 Å². The van der Waals surface area contributed by atoms with Crippen molar-refractivity contribution in [2.75, 3.05) is 13.1 Å². The highest BCUT2D eigenvalue weighted by molar-refractivity contribution is 4.85. The fourth-order valence-corrected chi connectivity index (χ4v) is 3.00. The Morgan fingerprint density at radius 2 is 1.69 bits per heavy atom. The van der Waals surface area contributed by atoms with Gasteiger partial charge in [-0.25, -0.2) is 0 Å². The summed E-state index contributed by atoms with van der Waals surface area (Å²) in [4.78, 5) is 2.55. The van der Waals surface area contributed by atoms with Gasteiger partial charge in [0, 0.05) is 12.6 Å². The molecule has 0 spiro atoms. The van der Waals surface area contributed by atoms with Gasteiger partial charge in [0.2, 0.25) is 0 Å². The second-order valence-corrected chi connectivity index (χ2v) is 5.66. The molecule has 2 heteroatoms. The van der Waals surface area contributed by atoms with Crippen LogP contribution in [0.15, 0.2) is 0 Å². The molecule has 0 aromatic carbocycles. The van der Waals surface area contributed by atoms with E-state index >= 15 is 0 Å². The lowest BCUT2D eigenvalue weighted by atomic mass is 9.93. The summed E-state index contributed by atoms with van der Waals surface area (Å²) < 4.78 is 0. The van der Waals surface area contributed by atoms with Crippen molar-refractivity contribution >= 4 is 0 Å².